The molecular weight excluding hydrogens is 1390 g/mol. The molecule has 0 saturated heterocycles. The van der Waals surface area contributed by atoms with E-state index >= 15 is 0 Å². The number of imidazole rings is 2. The second-order valence-electron chi connectivity index (χ2n) is 22.9. The molecule has 0 fully saturated rings. The van der Waals surface area contributed by atoms with Crippen LogP contribution in [-0.2, 0) is 71.6 Å². The molecule has 0 bridgehead atoms. The van der Waals surface area contributed by atoms with Gasteiger partial charge in [-0.1, -0.05) is 57.5 Å². The Morgan fingerprint density at radius 2 is 0.905 bits per heavy atom. The monoisotopic (exact) mass is 1450 g/mol. The summed E-state index contributed by atoms with van der Waals surface area (Å²) < 4.78 is 153. The van der Waals surface area contributed by atoms with Crippen LogP contribution in [0, 0.1) is 0 Å². The van der Waals surface area contributed by atoms with Gasteiger partial charge in [0, 0.05) is 96.5 Å². The lowest BCUT2D eigenvalue weighted by Gasteiger charge is -2.16. The van der Waals surface area contributed by atoms with E-state index in [0.29, 0.717) is 29.1 Å². The smallest absolute Gasteiger partial charge is 0.508 e. The molecule has 2 N–H and O–H groups in total. The summed E-state index contributed by atoms with van der Waals surface area (Å²) in [5.74, 6) is -1.28. The van der Waals surface area contributed by atoms with Crippen LogP contribution >= 0.6 is 15.9 Å². The third-order valence-corrected chi connectivity index (χ3v) is 16.9. The molecule has 0 atom stereocenters. The third-order valence-electron chi connectivity index (χ3n) is 12.9. The van der Waals surface area contributed by atoms with E-state index in [0.717, 1.165) is 62.2 Å². The molecule has 0 spiro atoms. The number of aliphatic hydroxyl groups is 1. The number of hydrogen-bond donors (Lipinski definition) is 2. The molecule has 3 aromatic carbocycles. The number of phenols is 1. The fourth-order valence-corrected chi connectivity index (χ4v) is 10.2. The first-order chi connectivity index (χ1) is 43.9. The topological polar surface area (TPSA) is 285 Å². The summed E-state index contributed by atoms with van der Waals surface area (Å²) in [6.07, 6.45) is -14.4. The Labute approximate surface area is 543 Å². The van der Waals surface area contributed by atoms with Crippen molar-refractivity contribution in [2.24, 2.45) is 47.3 Å². The van der Waals surface area contributed by atoms with E-state index in [1.54, 1.807) is 18.5 Å². The standard InChI is InChI=1S/C20H25F3N4O5Si.C15H12F3N3O4.C13H21BrN4O3Si.C7H5F3O2.C2H6O/c1-25-16-15(17(28)26(2)19(25)29)27(12-30-9-10-33(3,4)5)18(24-16)31-13-7-6-8-14(11-13)32-20(21,22)23;1-20-12-10(13(22)21(2)14(20)23)7-11(19-12)24-8-4-3-5-9(6-8)25-15(16,17)18;1-16-10-9(11(19)17(2)13(16)20)18(12(14)15-10)8-21-6-7-22(3,4)5;8-7(9,10)12-6-3-1-2-5(11)4-6;1-2-3/h6-8,11H,9-10,12H2,1-5H3;3-6H,7H2,1-2H3;6-8H2,1-5H3;1-4,11H;3H,2H2,1H3. The van der Waals surface area contributed by atoms with Gasteiger partial charge in [0.1, 0.15) is 53.8 Å². The molecule has 9 rings (SSSR count). The summed E-state index contributed by atoms with van der Waals surface area (Å²) in [7, 11) is 6.14. The second-order valence-corrected chi connectivity index (χ2v) is 34.8. The quantitative estimate of drug-likeness (QED) is 0.0395. The van der Waals surface area contributed by atoms with Gasteiger partial charge in [0.05, 0.1) is 12.0 Å². The van der Waals surface area contributed by atoms with Crippen LogP contribution in [0.1, 0.15) is 12.5 Å². The molecule has 0 unspecified atom stereocenters. The van der Waals surface area contributed by atoms with Crippen LogP contribution in [0.15, 0.2) is 111 Å². The van der Waals surface area contributed by atoms with E-state index in [1.807, 2.05) is 0 Å². The van der Waals surface area contributed by atoms with Gasteiger partial charge in [-0.15, -0.1) is 39.5 Å². The molecule has 1 aliphatic rings. The van der Waals surface area contributed by atoms with Crippen LogP contribution in [0.2, 0.25) is 51.4 Å². The van der Waals surface area contributed by atoms with Crippen molar-refractivity contribution in [3.63, 3.8) is 0 Å². The maximum atomic E-state index is 12.8. The van der Waals surface area contributed by atoms with E-state index in [1.165, 1.54) is 89.9 Å². The Balaban J connectivity index is 0.000000236. The summed E-state index contributed by atoms with van der Waals surface area (Å²) in [5.41, 5.74) is -1.83. The molecule has 0 aliphatic carbocycles. The highest BCUT2D eigenvalue weighted by molar-refractivity contribution is 9.10. The van der Waals surface area contributed by atoms with Gasteiger partial charge in [0.15, 0.2) is 27.1 Å². The first-order valence-corrected chi connectivity index (χ1v) is 36.4. The van der Waals surface area contributed by atoms with Crippen LogP contribution in [0.3, 0.4) is 0 Å². The number of aliphatic imine (C=N–C) groups is 1. The van der Waals surface area contributed by atoms with E-state index in [-0.39, 0.29) is 83.8 Å². The lowest BCUT2D eigenvalue weighted by molar-refractivity contribution is -0.275. The molecule has 0 amide bonds. The number of ether oxygens (including phenoxy) is 7. The van der Waals surface area contributed by atoms with Crippen LogP contribution in [0.4, 0.5) is 45.3 Å². The van der Waals surface area contributed by atoms with Gasteiger partial charge in [-0.3, -0.25) is 50.9 Å². The number of benzene rings is 3. The first-order valence-electron chi connectivity index (χ1n) is 28.2. The van der Waals surface area contributed by atoms with Crippen LogP contribution in [0.5, 0.6) is 40.5 Å². The summed E-state index contributed by atoms with van der Waals surface area (Å²) in [5, 5.41) is 16.3. The zero-order valence-electron chi connectivity index (χ0n) is 53.5. The predicted molar refractivity (Wildman–Crippen MR) is 339 cm³/mol. The van der Waals surface area contributed by atoms with Gasteiger partial charge in [0.2, 0.25) is 5.90 Å². The number of aromatic hydroxyl groups is 1. The molecule has 6 heterocycles. The normalized spacial score (nSPS) is 12.3. The second kappa shape index (κ2) is 31.7. The molecule has 95 heavy (non-hydrogen) atoms. The van der Waals surface area contributed by atoms with Gasteiger partial charge >= 0.3 is 42.2 Å². The maximum Gasteiger partial charge on any atom is 0.573 e. The first kappa shape index (κ1) is 77.0. The van der Waals surface area contributed by atoms with E-state index in [4.69, 9.17) is 29.2 Å². The van der Waals surface area contributed by atoms with Crippen molar-refractivity contribution in [2.45, 2.75) is 97.3 Å². The summed E-state index contributed by atoms with van der Waals surface area (Å²) >= 11 is 3.34. The Hall–Kier alpha value is -8.73. The van der Waals surface area contributed by atoms with E-state index in [9.17, 15) is 68.3 Å². The average molecular weight is 1460 g/mol. The van der Waals surface area contributed by atoms with Gasteiger partial charge in [0.25, 0.3) is 16.7 Å². The Morgan fingerprint density at radius 1 is 0.526 bits per heavy atom. The largest absolute Gasteiger partial charge is 0.573 e. The molecule has 520 valence electrons. The third kappa shape index (κ3) is 21.9. The van der Waals surface area contributed by atoms with Gasteiger partial charge in [-0.25, -0.2) is 19.4 Å². The minimum Gasteiger partial charge on any atom is -0.508 e. The van der Waals surface area contributed by atoms with Gasteiger partial charge < -0.3 is 43.4 Å². The van der Waals surface area contributed by atoms with Crippen molar-refractivity contribution < 1.29 is 82.9 Å². The minimum absolute atomic E-state index is 0.00257. The summed E-state index contributed by atoms with van der Waals surface area (Å²) in [4.78, 5) is 86.0. The number of rotatable bonds is 16. The number of alkyl halides is 9. The van der Waals surface area contributed by atoms with Crippen molar-refractivity contribution in [1.29, 1.82) is 0 Å². The highest BCUT2D eigenvalue weighted by atomic mass is 79.9. The lowest BCUT2D eigenvalue weighted by Crippen LogP contribution is -2.38. The number of hydrogen-bond acceptors (Lipinski definition) is 18. The number of fused-ring (bicyclic) bond motifs is 3. The minimum atomic E-state index is -4.86. The van der Waals surface area contributed by atoms with Crippen LogP contribution < -0.4 is 57.4 Å². The highest BCUT2D eigenvalue weighted by Crippen LogP contribution is 2.32. The Kier molecular flexibility index (Phi) is 25.7. The van der Waals surface area contributed by atoms with Crippen molar-refractivity contribution in [3.05, 3.63) is 146 Å². The molecule has 26 nitrogen and oxygen atoms in total. The predicted octanol–water partition coefficient (Wildman–Crippen LogP) is 8.88. The van der Waals surface area contributed by atoms with Crippen molar-refractivity contribution in [3.8, 4) is 40.5 Å². The van der Waals surface area contributed by atoms with Gasteiger partial charge in [-0.05, 0) is 71.3 Å². The van der Waals surface area contributed by atoms with Crippen molar-refractivity contribution in [2.75, 3.05) is 19.8 Å². The SMILES string of the molecule is CCO.Cn1c(=O)c2c(nc(Br)n2COCC[Si](C)(C)C)n(C)c1=O.Cn1c(=O)c2c(nc(Oc3cccc(OC(F)(F)F)c3)n2COCC[Si](C)(C)C)n(C)c1=O.Cn1c2c(c(=O)n(C)c1=O)CC(Oc1cccc(OC(F)(F)F)c1)=N2.Oc1cccc(OC(F)(F)F)c1. The number of aromatic nitrogens is 10. The number of phenolic OH excluding ortho intramolecular Hbond substituents is 1. The number of aryl methyl sites for hydroxylation is 2. The molecule has 5 aromatic heterocycles. The number of nitrogens with zero attached hydrogens (tertiary/aromatic N) is 11. The van der Waals surface area contributed by atoms with E-state index < -0.39 is 80.7 Å². The number of aliphatic hydroxyl groups excluding tert-OH is 1. The molecule has 1 aliphatic heterocycles. The van der Waals surface area contributed by atoms with Crippen molar-refractivity contribution in [1.82, 2.24) is 46.5 Å². The lowest BCUT2D eigenvalue weighted by atomic mass is 10.2. The zero-order valence-corrected chi connectivity index (χ0v) is 57.1. The summed E-state index contributed by atoms with van der Waals surface area (Å²) in [6.45, 7) is 16.6. The fraction of sp³-hybridized carbons (Fsp3) is 0.421. The highest BCUT2D eigenvalue weighted by Gasteiger charge is 2.34. The number of halogens is 10. The maximum absolute atomic E-state index is 12.8. The molecule has 38 heteroatoms. The average Bonchev–Trinajstić information content (AvgIpc) is 1.65. The van der Waals surface area contributed by atoms with Crippen molar-refractivity contribution >= 4 is 66.1 Å². The van der Waals surface area contributed by atoms with E-state index in [2.05, 4.69) is 84.4 Å². The fourth-order valence-electron chi connectivity index (χ4n) is 8.19. The van der Waals surface area contributed by atoms with Gasteiger partial charge in [-0.2, -0.15) is 9.98 Å². The zero-order chi connectivity index (χ0) is 71.5. The van der Waals surface area contributed by atoms with Crippen LogP contribution in [0.25, 0.3) is 22.3 Å². The summed E-state index contributed by atoms with van der Waals surface area (Å²) in [6, 6.07) is 16.2. The molecule has 0 saturated carbocycles. The van der Waals surface area contributed by atoms with Crippen LogP contribution in [-0.4, -0.2) is 118 Å². The molecule has 8 aromatic rings. The molecular formula is C57H69BrF9N11O15Si2. The Morgan fingerprint density at radius 3 is 1.35 bits per heavy atom. The molecule has 0 radical (unpaired) electrons. The Bertz CT molecular complexity index is 4430.